The van der Waals surface area contributed by atoms with Crippen LogP contribution in [0.5, 0.6) is 0 Å². The predicted octanol–water partition coefficient (Wildman–Crippen LogP) is 2.70. The molecule has 1 aromatic carbocycles. The quantitative estimate of drug-likeness (QED) is 0.832. The summed E-state index contributed by atoms with van der Waals surface area (Å²) in [5.74, 6) is 0. The highest BCUT2D eigenvalue weighted by atomic mass is 32.2. The molecular formula is C14H16F4N2O2S. The first-order valence-corrected chi connectivity index (χ1v) is 8.69. The molecule has 2 aliphatic heterocycles. The number of nitrogens with two attached hydrogens (primary N) is 1. The van der Waals surface area contributed by atoms with Gasteiger partial charge in [-0.05, 0) is 30.5 Å². The van der Waals surface area contributed by atoms with Crippen LogP contribution in [0.15, 0.2) is 24.3 Å². The lowest BCUT2D eigenvalue weighted by atomic mass is 9.83. The molecule has 23 heavy (non-hydrogen) atoms. The van der Waals surface area contributed by atoms with Gasteiger partial charge in [-0.15, -0.1) is 0 Å². The van der Waals surface area contributed by atoms with Crippen LogP contribution in [0.4, 0.5) is 17.6 Å². The summed E-state index contributed by atoms with van der Waals surface area (Å²) in [6, 6.07) is 2.88. The molecule has 2 unspecified atom stereocenters. The predicted molar refractivity (Wildman–Crippen MR) is 75.2 cm³/mol. The molecule has 0 spiro atoms. The Bertz CT molecular complexity index is 688. The fourth-order valence-electron chi connectivity index (χ4n) is 3.76. The summed E-state index contributed by atoms with van der Waals surface area (Å²) in [5, 5.41) is 5.18. The second kappa shape index (κ2) is 5.15. The van der Waals surface area contributed by atoms with Gasteiger partial charge >= 0.3 is 6.18 Å². The van der Waals surface area contributed by atoms with Crippen molar-refractivity contribution in [2.75, 3.05) is 0 Å². The molecule has 2 saturated heterocycles. The van der Waals surface area contributed by atoms with Crippen LogP contribution in [0.25, 0.3) is 0 Å². The van der Waals surface area contributed by atoms with E-state index >= 15 is 4.39 Å². The molecule has 1 aromatic rings. The van der Waals surface area contributed by atoms with Gasteiger partial charge in [0.1, 0.15) is 5.67 Å². The van der Waals surface area contributed by atoms with Gasteiger partial charge in [-0.3, -0.25) is 0 Å². The smallest absolute Gasteiger partial charge is 0.239 e. The van der Waals surface area contributed by atoms with Crippen molar-refractivity contribution in [1.29, 1.82) is 0 Å². The van der Waals surface area contributed by atoms with Crippen molar-refractivity contribution < 1.29 is 26.0 Å². The van der Waals surface area contributed by atoms with Gasteiger partial charge < -0.3 is 0 Å². The Kier molecular flexibility index (Phi) is 3.73. The SMILES string of the molecule is NS(=O)(=O)N1C2CCC1CC(F)(c1ccc(C(F)(F)F)cc1)C2. The lowest BCUT2D eigenvalue weighted by Crippen LogP contribution is -2.52. The number of hydrogen-bond acceptors (Lipinski definition) is 2. The lowest BCUT2D eigenvalue weighted by Gasteiger charge is -2.40. The second-order valence-electron chi connectivity index (χ2n) is 6.21. The fraction of sp³-hybridized carbons (Fsp3) is 0.571. The van der Waals surface area contributed by atoms with Gasteiger partial charge in [0.15, 0.2) is 0 Å². The van der Waals surface area contributed by atoms with Crippen LogP contribution in [0.1, 0.15) is 36.8 Å². The maximum Gasteiger partial charge on any atom is 0.416 e. The van der Waals surface area contributed by atoms with E-state index in [-0.39, 0.29) is 18.4 Å². The van der Waals surface area contributed by atoms with Crippen LogP contribution in [-0.2, 0) is 22.1 Å². The Hall–Kier alpha value is -1.19. The molecule has 0 aliphatic carbocycles. The highest BCUT2D eigenvalue weighted by Gasteiger charge is 2.53. The van der Waals surface area contributed by atoms with Crippen molar-refractivity contribution in [2.24, 2.45) is 5.14 Å². The Morgan fingerprint density at radius 2 is 1.57 bits per heavy atom. The zero-order chi connectivity index (χ0) is 17.0. The fourth-order valence-corrected chi connectivity index (χ4v) is 4.95. The third-order valence-corrected chi connectivity index (χ3v) is 5.88. The topological polar surface area (TPSA) is 63.4 Å². The molecule has 0 saturated carbocycles. The van der Waals surface area contributed by atoms with Crippen LogP contribution in [0.2, 0.25) is 0 Å². The molecule has 128 valence electrons. The highest BCUT2D eigenvalue weighted by molar-refractivity contribution is 7.86. The van der Waals surface area contributed by atoms with Crippen LogP contribution >= 0.6 is 0 Å². The lowest BCUT2D eigenvalue weighted by molar-refractivity contribution is -0.137. The number of halogens is 4. The number of piperidine rings is 1. The molecule has 2 aliphatic rings. The molecule has 2 N–H and O–H groups in total. The molecular weight excluding hydrogens is 336 g/mol. The first-order valence-electron chi connectivity index (χ1n) is 7.19. The summed E-state index contributed by atoms with van der Waals surface area (Å²) in [7, 11) is -3.90. The number of rotatable bonds is 2. The van der Waals surface area contributed by atoms with Crippen molar-refractivity contribution >= 4 is 10.2 Å². The summed E-state index contributed by atoms with van der Waals surface area (Å²) < 4.78 is 77.4. The standard InChI is InChI=1S/C14H16F4N2O2S/c15-13(9-1-3-10(4-2-9)14(16,17)18)7-11-5-6-12(8-13)20(11)23(19,21)22/h1-4,11-12H,5-8H2,(H2,19,21,22). The molecule has 0 aromatic heterocycles. The third-order valence-electron chi connectivity index (χ3n) is 4.69. The molecule has 0 radical (unpaired) electrons. The minimum absolute atomic E-state index is 0.0920. The summed E-state index contributed by atoms with van der Waals surface area (Å²) in [5.41, 5.74) is -2.52. The molecule has 2 heterocycles. The molecule has 9 heteroatoms. The van der Waals surface area contributed by atoms with E-state index in [9.17, 15) is 21.6 Å². The molecule has 2 atom stereocenters. The van der Waals surface area contributed by atoms with Crippen molar-refractivity contribution in [3.8, 4) is 0 Å². The third kappa shape index (κ3) is 2.97. The van der Waals surface area contributed by atoms with E-state index in [1.807, 2.05) is 0 Å². The maximum absolute atomic E-state index is 15.3. The largest absolute Gasteiger partial charge is 0.416 e. The van der Waals surface area contributed by atoms with E-state index in [0.717, 1.165) is 28.6 Å². The Labute approximate surface area is 131 Å². The van der Waals surface area contributed by atoms with E-state index in [1.165, 1.54) is 0 Å². The van der Waals surface area contributed by atoms with E-state index in [4.69, 9.17) is 5.14 Å². The van der Waals surface area contributed by atoms with E-state index in [2.05, 4.69) is 0 Å². The van der Waals surface area contributed by atoms with Crippen LogP contribution in [0.3, 0.4) is 0 Å². The average Bonchev–Trinajstić information content (AvgIpc) is 2.72. The van der Waals surface area contributed by atoms with Gasteiger partial charge in [0, 0.05) is 24.9 Å². The number of hydrogen-bond donors (Lipinski definition) is 1. The van der Waals surface area contributed by atoms with E-state index in [0.29, 0.717) is 12.8 Å². The van der Waals surface area contributed by atoms with Crippen molar-refractivity contribution in [3.63, 3.8) is 0 Å². The Morgan fingerprint density at radius 1 is 1.09 bits per heavy atom. The summed E-state index contributed by atoms with van der Waals surface area (Å²) >= 11 is 0. The first-order chi connectivity index (χ1) is 10.5. The molecule has 2 fully saturated rings. The number of alkyl halides is 4. The Morgan fingerprint density at radius 3 is 1.96 bits per heavy atom. The van der Waals surface area contributed by atoms with E-state index < -0.39 is 39.7 Å². The van der Waals surface area contributed by atoms with Gasteiger partial charge in [0.2, 0.25) is 0 Å². The first kappa shape index (κ1) is 16.7. The van der Waals surface area contributed by atoms with Gasteiger partial charge in [-0.25, -0.2) is 9.53 Å². The van der Waals surface area contributed by atoms with Gasteiger partial charge in [-0.1, -0.05) is 12.1 Å². The summed E-state index contributed by atoms with van der Waals surface area (Å²) in [6.07, 6.45) is -3.64. The van der Waals surface area contributed by atoms with E-state index in [1.54, 1.807) is 0 Å². The number of benzene rings is 1. The number of fused-ring (bicyclic) bond motifs is 2. The molecule has 4 nitrogen and oxygen atoms in total. The minimum atomic E-state index is -4.47. The van der Waals surface area contributed by atoms with Crippen LogP contribution in [0, 0.1) is 0 Å². The summed E-state index contributed by atoms with van der Waals surface area (Å²) in [4.78, 5) is 0. The van der Waals surface area contributed by atoms with Crippen molar-refractivity contribution in [1.82, 2.24) is 4.31 Å². The van der Waals surface area contributed by atoms with Gasteiger partial charge in [0.05, 0.1) is 5.56 Å². The maximum atomic E-state index is 15.3. The minimum Gasteiger partial charge on any atom is -0.239 e. The van der Waals surface area contributed by atoms with Crippen LogP contribution < -0.4 is 5.14 Å². The van der Waals surface area contributed by atoms with Crippen molar-refractivity contribution in [3.05, 3.63) is 35.4 Å². The highest BCUT2D eigenvalue weighted by Crippen LogP contribution is 2.49. The molecule has 3 rings (SSSR count). The number of nitrogens with zero attached hydrogens (tertiary/aromatic N) is 1. The van der Waals surface area contributed by atoms with Crippen molar-refractivity contribution in [2.45, 2.75) is 49.6 Å². The van der Waals surface area contributed by atoms with Crippen LogP contribution in [-0.4, -0.2) is 24.8 Å². The normalized spacial score (nSPS) is 32.2. The van der Waals surface area contributed by atoms with Gasteiger partial charge in [-0.2, -0.15) is 25.9 Å². The summed E-state index contributed by atoms with van der Waals surface area (Å²) in [6.45, 7) is 0. The zero-order valence-electron chi connectivity index (χ0n) is 12.1. The molecule has 0 amide bonds. The zero-order valence-corrected chi connectivity index (χ0v) is 12.9. The molecule has 2 bridgehead atoms. The Balaban J connectivity index is 1.88. The average molecular weight is 352 g/mol. The van der Waals surface area contributed by atoms with Gasteiger partial charge in [0.25, 0.3) is 10.2 Å². The second-order valence-corrected chi connectivity index (χ2v) is 7.66. The monoisotopic (exact) mass is 352 g/mol.